The molecule has 3 rings (SSSR count). The van der Waals surface area contributed by atoms with Crippen molar-refractivity contribution in [2.24, 2.45) is 0 Å². The number of nitrogens with zero attached hydrogens (tertiary/aromatic N) is 2. The predicted octanol–water partition coefficient (Wildman–Crippen LogP) is 2.00. The van der Waals surface area contributed by atoms with Gasteiger partial charge in [0, 0.05) is 17.3 Å². The van der Waals surface area contributed by atoms with Gasteiger partial charge in [-0.25, -0.2) is 4.98 Å². The van der Waals surface area contributed by atoms with Gasteiger partial charge in [0.1, 0.15) is 0 Å². The monoisotopic (exact) mass is 264 g/mol. The van der Waals surface area contributed by atoms with E-state index >= 15 is 0 Å². The van der Waals surface area contributed by atoms with Gasteiger partial charge >= 0.3 is 7.12 Å². The highest BCUT2D eigenvalue weighted by molar-refractivity contribution is 7.17. The van der Waals surface area contributed by atoms with Gasteiger partial charge in [0.05, 0.1) is 16.8 Å². The van der Waals surface area contributed by atoms with E-state index in [0.29, 0.717) is 0 Å². The highest BCUT2D eigenvalue weighted by Crippen LogP contribution is 2.36. The zero-order chi connectivity index (χ0) is 13.1. The van der Waals surface area contributed by atoms with Crippen molar-refractivity contribution >= 4 is 29.0 Å². The van der Waals surface area contributed by atoms with E-state index in [1.165, 1.54) is 4.88 Å². The molecule has 2 aromatic rings. The Kier molecular flexibility index (Phi) is 2.43. The average molecular weight is 264 g/mol. The molecule has 1 aliphatic heterocycles. The molecule has 0 spiro atoms. The third-order valence-electron chi connectivity index (χ3n) is 3.78. The lowest BCUT2D eigenvalue weighted by Crippen LogP contribution is -2.41. The molecule has 0 aliphatic carbocycles. The third-order valence-corrected chi connectivity index (χ3v) is 4.70. The fourth-order valence-electron chi connectivity index (χ4n) is 2.01. The molecule has 0 unspecified atom stereocenters. The third kappa shape index (κ3) is 1.71. The molecule has 0 radical (unpaired) electrons. The quantitative estimate of drug-likeness (QED) is 0.739. The Hall–Kier alpha value is -0.845. The van der Waals surface area contributed by atoms with Crippen LogP contribution in [0.2, 0.25) is 0 Å². The van der Waals surface area contributed by atoms with Crippen molar-refractivity contribution in [1.29, 1.82) is 0 Å². The van der Waals surface area contributed by atoms with E-state index in [4.69, 9.17) is 9.31 Å². The van der Waals surface area contributed by atoms with Crippen LogP contribution in [0.3, 0.4) is 0 Å². The summed E-state index contributed by atoms with van der Waals surface area (Å²) in [6, 6.07) is 0. The fraction of sp³-hybridized carbons (Fsp3) is 0.583. The first-order valence-corrected chi connectivity index (χ1v) is 6.91. The Balaban J connectivity index is 1.94. The van der Waals surface area contributed by atoms with E-state index in [2.05, 4.69) is 45.8 Å². The maximum Gasteiger partial charge on any atom is 0.516 e. The van der Waals surface area contributed by atoms with Gasteiger partial charge in [-0.15, -0.1) is 11.3 Å². The van der Waals surface area contributed by atoms with Crippen LogP contribution in [0, 0.1) is 6.92 Å². The summed E-state index contributed by atoms with van der Waals surface area (Å²) in [7, 11) is -0.373. The van der Waals surface area contributed by atoms with E-state index in [-0.39, 0.29) is 18.3 Å². The first kappa shape index (κ1) is 12.2. The lowest BCUT2D eigenvalue weighted by atomic mass is 9.86. The zero-order valence-electron chi connectivity index (χ0n) is 11.4. The van der Waals surface area contributed by atoms with E-state index in [1.807, 2.05) is 10.6 Å². The number of rotatable bonds is 1. The summed E-state index contributed by atoms with van der Waals surface area (Å²) >= 11 is 1.67. The summed E-state index contributed by atoms with van der Waals surface area (Å²) in [6.07, 6.45) is 4.06. The fourth-order valence-corrected chi connectivity index (χ4v) is 2.82. The molecule has 3 heterocycles. The van der Waals surface area contributed by atoms with Gasteiger partial charge in [0.15, 0.2) is 4.96 Å². The van der Waals surface area contributed by atoms with Gasteiger partial charge in [0.25, 0.3) is 0 Å². The summed E-state index contributed by atoms with van der Waals surface area (Å²) in [5.41, 5.74) is 0.217. The van der Waals surface area contributed by atoms with Gasteiger partial charge in [-0.05, 0) is 34.6 Å². The summed E-state index contributed by atoms with van der Waals surface area (Å²) in [6.45, 7) is 10.3. The molecule has 1 fully saturated rings. The van der Waals surface area contributed by atoms with E-state index in [1.54, 1.807) is 11.3 Å². The first-order chi connectivity index (χ1) is 8.28. The van der Waals surface area contributed by atoms with Crippen LogP contribution >= 0.6 is 11.3 Å². The molecule has 18 heavy (non-hydrogen) atoms. The standard InChI is InChI=1S/C12H17BN2O2S/c1-8-6-15-7-9(14-10(15)18-8)13-16-11(2,3)12(4,5)17-13/h6-7H,1-5H3. The Morgan fingerprint density at radius 1 is 1.17 bits per heavy atom. The zero-order valence-corrected chi connectivity index (χ0v) is 12.2. The Labute approximate surface area is 111 Å². The minimum Gasteiger partial charge on any atom is -0.398 e. The van der Waals surface area contributed by atoms with Gasteiger partial charge < -0.3 is 9.31 Å². The Bertz CT molecular complexity index is 555. The first-order valence-electron chi connectivity index (χ1n) is 6.09. The summed E-state index contributed by atoms with van der Waals surface area (Å²) in [5.74, 6) is 0. The number of thiazole rings is 1. The largest absolute Gasteiger partial charge is 0.516 e. The molecule has 96 valence electrons. The van der Waals surface area contributed by atoms with Crippen molar-refractivity contribution in [3.05, 3.63) is 17.3 Å². The summed E-state index contributed by atoms with van der Waals surface area (Å²) in [5, 5.41) is 0. The predicted molar refractivity (Wildman–Crippen MR) is 73.5 cm³/mol. The average Bonchev–Trinajstić information content (AvgIpc) is 2.77. The van der Waals surface area contributed by atoms with Gasteiger partial charge in [-0.3, -0.25) is 4.40 Å². The maximum atomic E-state index is 5.99. The molecule has 6 heteroatoms. The van der Waals surface area contributed by atoms with Gasteiger partial charge in [0.2, 0.25) is 0 Å². The second-order valence-electron chi connectivity index (χ2n) is 5.79. The Morgan fingerprint density at radius 3 is 2.33 bits per heavy atom. The molecule has 1 aliphatic rings. The molecule has 2 aromatic heterocycles. The van der Waals surface area contributed by atoms with Crippen LogP contribution in [0.1, 0.15) is 32.6 Å². The van der Waals surface area contributed by atoms with Crippen LogP contribution in [0.25, 0.3) is 4.96 Å². The van der Waals surface area contributed by atoms with Crippen LogP contribution in [-0.2, 0) is 9.31 Å². The molecule has 0 atom stereocenters. The SMILES string of the molecule is Cc1cn2cc(B3OC(C)(C)C(C)(C)O3)nc2s1. The van der Waals surface area contributed by atoms with E-state index in [0.717, 1.165) is 10.6 Å². The number of imidazole rings is 1. The minimum atomic E-state index is -0.373. The van der Waals surface area contributed by atoms with Crippen LogP contribution in [0.4, 0.5) is 0 Å². The molecule has 0 aromatic carbocycles. The lowest BCUT2D eigenvalue weighted by molar-refractivity contribution is 0.00578. The molecule has 0 N–H and O–H groups in total. The van der Waals surface area contributed by atoms with Crippen molar-refractivity contribution in [3.8, 4) is 0 Å². The van der Waals surface area contributed by atoms with Crippen molar-refractivity contribution in [3.63, 3.8) is 0 Å². The number of aryl methyl sites for hydroxylation is 1. The number of hydrogen-bond acceptors (Lipinski definition) is 4. The normalized spacial score (nSPS) is 21.9. The van der Waals surface area contributed by atoms with Crippen molar-refractivity contribution in [2.75, 3.05) is 0 Å². The van der Waals surface area contributed by atoms with Gasteiger partial charge in [-0.2, -0.15) is 0 Å². The second kappa shape index (κ2) is 3.59. The molecule has 4 nitrogen and oxygen atoms in total. The number of aromatic nitrogens is 2. The second-order valence-corrected chi connectivity index (χ2v) is 7.00. The molecule has 0 bridgehead atoms. The summed E-state index contributed by atoms with van der Waals surface area (Å²) in [4.78, 5) is 6.81. The Morgan fingerprint density at radius 2 is 1.78 bits per heavy atom. The number of hydrogen-bond donors (Lipinski definition) is 0. The van der Waals surface area contributed by atoms with Crippen molar-refractivity contribution in [1.82, 2.24) is 9.38 Å². The smallest absolute Gasteiger partial charge is 0.398 e. The molecule has 0 amide bonds. The minimum absolute atomic E-state index is 0.315. The number of fused-ring (bicyclic) bond motifs is 1. The van der Waals surface area contributed by atoms with E-state index in [9.17, 15) is 0 Å². The van der Waals surface area contributed by atoms with Crippen LogP contribution < -0.4 is 5.59 Å². The molecular weight excluding hydrogens is 247 g/mol. The van der Waals surface area contributed by atoms with Crippen LogP contribution in [0.5, 0.6) is 0 Å². The topological polar surface area (TPSA) is 35.8 Å². The van der Waals surface area contributed by atoms with Crippen molar-refractivity contribution in [2.45, 2.75) is 45.8 Å². The van der Waals surface area contributed by atoms with E-state index < -0.39 is 0 Å². The molecule has 1 saturated heterocycles. The van der Waals surface area contributed by atoms with Crippen LogP contribution in [0.15, 0.2) is 12.4 Å². The van der Waals surface area contributed by atoms with Crippen LogP contribution in [-0.4, -0.2) is 27.7 Å². The molecule has 0 saturated carbocycles. The van der Waals surface area contributed by atoms with Crippen molar-refractivity contribution < 1.29 is 9.31 Å². The van der Waals surface area contributed by atoms with Gasteiger partial charge in [-0.1, -0.05) is 0 Å². The highest BCUT2D eigenvalue weighted by atomic mass is 32.1. The maximum absolute atomic E-state index is 5.99. The summed E-state index contributed by atoms with van der Waals surface area (Å²) < 4.78 is 14.0. The molecular formula is C12H17BN2O2S. The lowest BCUT2D eigenvalue weighted by Gasteiger charge is -2.32. The highest BCUT2D eigenvalue weighted by Gasteiger charge is 2.52.